The van der Waals surface area contributed by atoms with Crippen LogP contribution in [0.2, 0.25) is 5.02 Å². The summed E-state index contributed by atoms with van der Waals surface area (Å²) in [5.74, 6) is -0.763. The first-order valence-electron chi connectivity index (χ1n) is 10.4. The zero-order valence-corrected chi connectivity index (χ0v) is 19.2. The van der Waals surface area contributed by atoms with Crippen LogP contribution in [-0.2, 0) is 11.3 Å². The monoisotopic (exact) mass is 459 g/mol. The highest BCUT2D eigenvalue weighted by Gasteiger charge is 2.19. The SMILES string of the molecule is Cc1ccc2c(=O)c(C(=O)c3cccc(Cl)c3)cn(CC(=O)Nc3ccc(C)c(C)c3)c2n1. The van der Waals surface area contributed by atoms with Crippen LogP contribution in [0.15, 0.2) is 65.6 Å². The maximum atomic E-state index is 13.1. The summed E-state index contributed by atoms with van der Waals surface area (Å²) in [5.41, 5.74) is 3.72. The molecule has 0 spiro atoms. The summed E-state index contributed by atoms with van der Waals surface area (Å²) in [6, 6.07) is 15.4. The van der Waals surface area contributed by atoms with Gasteiger partial charge < -0.3 is 9.88 Å². The maximum Gasteiger partial charge on any atom is 0.244 e. The molecule has 0 aliphatic carbocycles. The number of benzene rings is 2. The molecular formula is C26H22ClN3O3. The van der Waals surface area contributed by atoms with Gasteiger partial charge in [0.1, 0.15) is 12.2 Å². The van der Waals surface area contributed by atoms with Crippen molar-refractivity contribution in [1.82, 2.24) is 9.55 Å². The molecule has 0 fully saturated rings. The average molecular weight is 460 g/mol. The Balaban J connectivity index is 1.76. The molecule has 4 rings (SSSR count). The summed E-state index contributed by atoms with van der Waals surface area (Å²) in [4.78, 5) is 43.6. The van der Waals surface area contributed by atoms with E-state index in [0.29, 0.717) is 27.6 Å². The maximum absolute atomic E-state index is 13.1. The van der Waals surface area contributed by atoms with Gasteiger partial charge in [-0.1, -0.05) is 29.8 Å². The van der Waals surface area contributed by atoms with E-state index < -0.39 is 11.2 Å². The van der Waals surface area contributed by atoms with Gasteiger partial charge in [0, 0.05) is 28.2 Å². The van der Waals surface area contributed by atoms with Crippen molar-refractivity contribution >= 4 is 40.0 Å². The van der Waals surface area contributed by atoms with Gasteiger partial charge >= 0.3 is 0 Å². The van der Waals surface area contributed by atoms with Crippen molar-refractivity contribution in [3.8, 4) is 0 Å². The summed E-state index contributed by atoms with van der Waals surface area (Å²) >= 11 is 6.03. The lowest BCUT2D eigenvalue weighted by molar-refractivity contribution is -0.116. The van der Waals surface area contributed by atoms with E-state index in [0.717, 1.165) is 11.1 Å². The number of nitrogens with one attached hydrogen (secondary N) is 1. The smallest absolute Gasteiger partial charge is 0.244 e. The Labute approximate surface area is 195 Å². The topological polar surface area (TPSA) is 81.1 Å². The summed E-state index contributed by atoms with van der Waals surface area (Å²) in [5, 5.41) is 3.54. The summed E-state index contributed by atoms with van der Waals surface area (Å²) in [6.07, 6.45) is 1.40. The number of anilines is 1. The van der Waals surface area contributed by atoms with Crippen LogP contribution >= 0.6 is 11.6 Å². The highest BCUT2D eigenvalue weighted by atomic mass is 35.5. The van der Waals surface area contributed by atoms with Gasteiger partial charge in [0.05, 0.1) is 10.9 Å². The van der Waals surface area contributed by atoms with E-state index in [1.165, 1.54) is 16.8 Å². The van der Waals surface area contributed by atoms with Gasteiger partial charge in [0.15, 0.2) is 5.78 Å². The molecule has 0 bridgehead atoms. The van der Waals surface area contributed by atoms with Gasteiger partial charge in [-0.05, 0) is 68.3 Å². The molecule has 1 N–H and O–H groups in total. The quantitative estimate of drug-likeness (QED) is 0.433. The first kappa shape index (κ1) is 22.4. The van der Waals surface area contributed by atoms with Gasteiger partial charge in [-0.25, -0.2) is 4.98 Å². The Kier molecular flexibility index (Phi) is 6.11. The van der Waals surface area contributed by atoms with E-state index in [9.17, 15) is 14.4 Å². The zero-order valence-electron chi connectivity index (χ0n) is 18.5. The number of carbonyl (C=O) groups is 2. The van der Waals surface area contributed by atoms with Gasteiger partial charge in [-0.15, -0.1) is 0 Å². The van der Waals surface area contributed by atoms with E-state index in [-0.39, 0.29) is 23.4 Å². The molecule has 6 nitrogen and oxygen atoms in total. The molecule has 166 valence electrons. The minimum atomic E-state index is -0.465. The minimum absolute atomic E-state index is 0.0469. The van der Waals surface area contributed by atoms with Crippen LogP contribution in [0, 0.1) is 20.8 Å². The fourth-order valence-electron chi connectivity index (χ4n) is 3.60. The Hall–Kier alpha value is -3.77. The van der Waals surface area contributed by atoms with Gasteiger partial charge in [0.2, 0.25) is 11.3 Å². The van der Waals surface area contributed by atoms with Gasteiger partial charge in [-0.3, -0.25) is 14.4 Å². The molecule has 2 heterocycles. The van der Waals surface area contributed by atoms with Crippen molar-refractivity contribution in [2.24, 2.45) is 0 Å². The van der Waals surface area contributed by atoms with E-state index in [1.807, 2.05) is 32.0 Å². The molecule has 0 aliphatic rings. The molecule has 0 atom stereocenters. The molecule has 7 heteroatoms. The van der Waals surface area contributed by atoms with Crippen molar-refractivity contribution in [2.75, 3.05) is 5.32 Å². The summed E-state index contributed by atoms with van der Waals surface area (Å²) in [6.45, 7) is 5.66. The Morgan fingerprint density at radius 3 is 2.52 bits per heavy atom. The van der Waals surface area contributed by atoms with E-state index in [1.54, 1.807) is 37.3 Å². The van der Waals surface area contributed by atoms with Crippen molar-refractivity contribution in [3.63, 3.8) is 0 Å². The van der Waals surface area contributed by atoms with Crippen LogP contribution in [0.25, 0.3) is 11.0 Å². The second-order valence-corrected chi connectivity index (χ2v) is 8.45. The molecule has 0 radical (unpaired) electrons. The highest BCUT2D eigenvalue weighted by Crippen LogP contribution is 2.18. The Morgan fingerprint density at radius 2 is 1.79 bits per heavy atom. The summed E-state index contributed by atoms with van der Waals surface area (Å²) in [7, 11) is 0. The van der Waals surface area contributed by atoms with Gasteiger partial charge in [-0.2, -0.15) is 0 Å². The number of nitrogens with zero attached hydrogens (tertiary/aromatic N) is 2. The molecule has 0 saturated heterocycles. The predicted molar refractivity (Wildman–Crippen MR) is 130 cm³/mol. The Bertz CT molecular complexity index is 1470. The number of rotatable bonds is 5. The zero-order chi connectivity index (χ0) is 23.7. The highest BCUT2D eigenvalue weighted by molar-refractivity contribution is 6.31. The van der Waals surface area contributed by atoms with Crippen molar-refractivity contribution < 1.29 is 9.59 Å². The second kappa shape index (κ2) is 9.00. The number of hydrogen-bond acceptors (Lipinski definition) is 4. The van der Waals surface area contributed by atoms with E-state index >= 15 is 0 Å². The lowest BCUT2D eigenvalue weighted by Gasteiger charge is -2.14. The fraction of sp³-hybridized carbons (Fsp3) is 0.154. The van der Waals surface area contributed by atoms with Crippen LogP contribution in [0.3, 0.4) is 0 Å². The van der Waals surface area contributed by atoms with Crippen LogP contribution in [-0.4, -0.2) is 21.2 Å². The van der Waals surface area contributed by atoms with Crippen LogP contribution in [0.4, 0.5) is 5.69 Å². The number of aryl methyl sites for hydroxylation is 3. The molecular weight excluding hydrogens is 438 g/mol. The number of halogens is 1. The van der Waals surface area contributed by atoms with E-state index in [4.69, 9.17) is 11.6 Å². The fourth-order valence-corrected chi connectivity index (χ4v) is 3.79. The number of aromatic nitrogens is 2. The van der Waals surface area contributed by atoms with Crippen molar-refractivity contribution in [1.29, 1.82) is 0 Å². The number of pyridine rings is 2. The Morgan fingerprint density at radius 1 is 1.00 bits per heavy atom. The molecule has 0 unspecified atom stereocenters. The minimum Gasteiger partial charge on any atom is -0.325 e. The molecule has 1 amide bonds. The third-order valence-corrected chi connectivity index (χ3v) is 5.73. The molecule has 0 saturated carbocycles. The number of ketones is 1. The van der Waals surface area contributed by atoms with Crippen LogP contribution in [0.1, 0.15) is 32.7 Å². The lowest BCUT2D eigenvalue weighted by atomic mass is 10.0. The second-order valence-electron chi connectivity index (χ2n) is 8.01. The number of carbonyl (C=O) groups excluding carboxylic acids is 2. The van der Waals surface area contributed by atoms with Crippen LogP contribution in [0.5, 0.6) is 0 Å². The summed E-state index contributed by atoms with van der Waals surface area (Å²) < 4.78 is 1.54. The first-order chi connectivity index (χ1) is 15.7. The molecule has 33 heavy (non-hydrogen) atoms. The lowest BCUT2D eigenvalue weighted by Crippen LogP contribution is -2.25. The normalized spacial score (nSPS) is 10.9. The number of amides is 1. The van der Waals surface area contributed by atoms with Crippen LogP contribution < -0.4 is 10.7 Å². The number of hydrogen-bond donors (Lipinski definition) is 1. The van der Waals surface area contributed by atoms with E-state index in [2.05, 4.69) is 10.3 Å². The van der Waals surface area contributed by atoms with Gasteiger partial charge in [0.25, 0.3) is 0 Å². The predicted octanol–water partition coefficient (Wildman–Crippen LogP) is 4.84. The number of fused-ring (bicyclic) bond motifs is 1. The first-order valence-corrected chi connectivity index (χ1v) is 10.8. The van der Waals surface area contributed by atoms with Crippen molar-refractivity contribution in [3.05, 3.63) is 104 Å². The third kappa shape index (κ3) is 4.71. The standard InChI is InChI=1S/C26H22ClN3O3/c1-15-7-9-20(11-16(15)2)29-23(31)14-30-13-22(24(32)18-5-4-6-19(27)12-18)25(33)21-10-8-17(3)28-26(21)30/h4-13H,14H2,1-3H3,(H,29,31). The van der Waals surface area contributed by atoms with Crippen molar-refractivity contribution in [2.45, 2.75) is 27.3 Å². The molecule has 4 aromatic rings. The molecule has 2 aromatic heterocycles. The molecule has 2 aromatic carbocycles. The molecule has 0 aliphatic heterocycles. The average Bonchev–Trinajstić information content (AvgIpc) is 2.77. The largest absolute Gasteiger partial charge is 0.325 e. The third-order valence-electron chi connectivity index (χ3n) is 5.50.